The number of rotatable bonds is 0. The number of halogens is 1. The van der Waals surface area contributed by atoms with Crippen LogP contribution in [0.1, 0.15) is 0 Å². The molecule has 0 bridgehead atoms. The van der Waals surface area contributed by atoms with Gasteiger partial charge in [0.05, 0.1) is 27.0 Å². The van der Waals surface area contributed by atoms with Crippen molar-refractivity contribution in [2.75, 3.05) is 5.73 Å². The SMILES string of the molecule is Nc1c(Cl)ccc2[nH]c(=O)c3ccccc3c(=O)c12. The van der Waals surface area contributed by atoms with Gasteiger partial charge in [0.2, 0.25) is 0 Å². The van der Waals surface area contributed by atoms with Gasteiger partial charge in [0.25, 0.3) is 5.56 Å². The summed E-state index contributed by atoms with van der Waals surface area (Å²) in [6.45, 7) is 0. The van der Waals surface area contributed by atoms with Gasteiger partial charge in [0.1, 0.15) is 0 Å². The van der Waals surface area contributed by atoms with Gasteiger partial charge in [-0.3, -0.25) is 9.59 Å². The first-order chi connectivity index (χ1) is 9.09. The molecule has 0 unspecified atom stereocenters. The fourth-order valence-corrected chi connectivity index (χ4v) is 2.30. The molecule has 0 aliphatic heterocycles. The van der Waals surface area contributed by atoms with Crippen LogP contribution in [0.25, 0.3) is 21.7 Å². The summed E-state index contributed by atoms with van der Waals surface area (Å²) < 4.78 is 0. The highest BCUT2D eigenvalue weighted by Gasteiger charge is 2.10. The Hall–Kier alpha value is -2.33. The summed E-state index contributed by atoms with van der Waals surface area (Å²) in [6, 6.07) is 9.75. The molecule has 94 valence electrons. The summed E-state index contributed by atoms with van der Waals surface area (Å²) in [5.74, 6) is 0. The highest BCUT2D eigenvalue weighted by Crippen LogP contribution is 2.24. The molecule has 0 saturated carbocycles. The van der Waals surface area contributed by atoms with Crippen molar-refractivity contribution in [2.45, 2.75) is 0 Å². The number of nitrogens with one attached hydrogen (secondary N) is 1. The Morgan fingerprint density at radius 3 is 2.42 bits per heavy atom. The van der Waals surface area contributed by atoms with Gasteiger partial charge in [-0.05, 0) is 18.2 Å². The van der Waals surface area contributed by atoms with Crippen molar-refractivity contribution in [3.05, 3.63) is 62.0 Å². The molecule has 0 fully saturated rings. The monoisotopic (exact) mass is 272 g/mol. The van der Waals surface area contributed by atoms with Crippen molar-refractivity contribution in [1.29, 1.82) is 0 Å². The molecule has 5 heteroatoms. The molecular weight excluding hydrogens is 264 g/mol. The van der Waals surface area contributed by atoms with Crippen molar-refractivity contribution >= 4 is 39.0 Å². The summed E-state index contributed by atoms with van der Waals surface area (Å²) >= 11 is 5.94. The van der Waals surface area contributed by atoms with Crippen LogP contribution in [0.4, 0.5) is 5.69 Å². The smallest absolute Gasteiger partial charge is 0.256 e. The molecule has 0 saturated heterocycles. The Kier molecular flexibility index (Phi) is 2.54. The Morgan fingerprint density at radius 1 is 1.00 bits per heavy atom. The van der Waals surface area contributed by atoms with Crippen molar-refractivity contribution in [3.8, 4) is 0 Å². The third-order valence-corrected chi connectivity index (χ3v) is 3.41. The van der Waals surface area contributed by atoms with Crippen LogP contribution >= 0.6 is 11.6 Å². The van der Waals surface area contributed by atoms with E-state index in [1.165, 1.54) is 0 Å². The van der Waals surface area contributed by atoms with Gasteiger partial charge >= 0.3 is 0 Å². The number of aromatic nitrogens is 1. The normalized spacial score (nSPS) is 11.0. The lowest BCUT2D eigenvalue weighted by atomic mass is 10.1. The van der Waals surface area contributed by atoms with E-state index in [9.17, 15) is 9.59 Å². The molecule has 4 nitrogen and oxygen atoms in total. The second-order valence-corrected chi connectivity index (χ2v) is 4.62. The number of nitrogen functional groups attached to an aromatic ring is 1. The second kappa shape index (κ2) is 4.10. The van der Waals surface area contributed by atoms with Crippen LogP contribution < -0.4 is 16.7 Å². The molecule has 0 atom stereocenters. The Labute approximate surface area is 112 Å². The van der Waals surface area contributed by atoms with Crippen molar-refractivity contribution < 1.29 is 0 Å². The molecule has 1 heterocycles. The first kappa shape index (κ1) is 11.7. The Balaban J connectivity index is 2.79. The Morgan fingerprint density at radius 2 is 1.68 bits per heavy atom. The largest absolute Gasteiger partial charge is 0.397 e. The van der Waals surface area contributed by atoms with E-state index in [4.69, 9.17) is 17.3 Å². The van der Waals surface area contributed by atoms with Crippen LogP contribution in [-0.4, -0.2) is 4.98 Å². The van der Waals surface area contributed by atoms with Crippen LogP contribution in [0.3, 0.4) is 0 Å². The van der Waals surface area contributed by atoms with E-state index in [0.29, 0.717) is 21.3 Å². The van der Waals surface area contributed by atoms with Gasteiger partial charge in [-0.1, -0.05) is 29.8 Å². The first-order valence-corrected chi connectivity index (χ1v) is 6.00. The van der Waals surface area contributed by atoms with Crippen LogP contribution in [0.15, 0.2) is 46.0 Å². The summed E-state index contributed by atoms with van der Waals surface area (Å²) in [7, 11) is 0. The Bertz CT molecular complexity index is 932. The van der Waals surface area contributed by atoms with Crippen molar-refractivity contribution in [2.24, 2.45) is 0 Å². The zero-order valence-corrected chi connectivity index (χ0v) is 10.5. The van der Waals surface area contributed by atoms with Crippen LogP contribution in [0.5, 0.6) is 0 Å². The number of benzene rings is 2. The lowest BCUT2D eigenvalue weighted by molar-refractivity contribution is 1.36. The van der Waals surface area contributed by atoms with Crippen LogP contribution in [0.2, 0.25) is 5.02 Å². The van der Waals surface area contributed by atoms with E-state index >= 15 is 0 Å². The lowest BCUT2D eigenvalue weighted by Crippen LogP contribution is -2.03. The minimum Gasteiger partial charge on any atom is -0.397 e. The van der Waals surface area contributed by atoms with Gasteiger partial charge in [-0.2, -0.15) is 0 Å². The summed E-state index contributed by atoms with van der Waals surface area (Å²) in [4.78, 5) is 27.3. The minimum atomic E-state index is -0.329. The van der Waals surface area contributed by atoms with E-state index in [-0.39, 0.29) is 22.1 Å². The summed E-state index contributed by atoms with van der Waals surface area (Å²) in [5, 5.41) is 1.19. The molecular formula is C14H9ClN2O2. The molecule has 2 aromatic carbocycles. The maximum atomic E-state index is 12.5. The highest BCUT2D eigenvalue weighted by molar-refractivity contribution is 6.34. The number of nitrogens with two attached hydrogens (primary N) is 1. The predicted octanol–water partition coefficient (Wildman–Crippen LogP) is 2.28. The molecule has 1 aromatic heterocycles. The van der Waals surface area contributed by atoms with E-state index in [1.807, 2.05) is 0 Å². The topological polar surface area (TPSA) is 76.0 Å². The number of aromatic amines is 1. The first-order valence-electron chi connectivity index (χ1n) is 5.62. The number of hydrogen-bond acceptors (Lipinski definition) is 3. The van der Waals surface area contributed by atoms with Crippen molar-refractivity contribution in [3.63, 3.8) is 0 Å². The molecule has 3 N–H and O–H groups in total. The quantitative estimate of drug-likeness (QED) is 0.617. The van der Waals surface area contributed by atoms with E-state index < -0.39 is 0 Å². The maximum Gasteiger partial charge on any atom is 0.256 e. The second-order valence-electron chi connectivity index (χ2n) is 4.21. The zero-order valence-electron chi connectivity index (χ0n) is 9.74. The van der Waals surface area contributed by atoms with E-state index in [0.717, 1.165) is 0 Å². The molecule has 3 rings (SSSR count). The molecule has 19 heavy (non-hydrogen) atoms. The molecule has 0 amide bonds. The minimum absolute atomic E-state index is 0.182. The fraction of sp³-hybridized carbons (Fsp3) is 0. The number of H-pyrrole nitrogens is 1. The highest BCUT2D eigenvalue weighted by atomic mass is 35.5. The van der Waals surface area contributed by atoms with Crippen LogP contribution in [-0.2, 0) is 0 Å². The summed E-state index contributed by atoms with van der Waals surface area (Å²) in [6.07, 6.45) is 0. The van der Waals surface area contributed by atoms with Gasteiger partial charge < -0.3 is 10.7 Å². The molecule has 3 aromatic rings. The third-order valence-electron chi connectivity index (χ3n) is 3.08. The third kappa shape index (κ3) is 1.69. The molecule has 0 aliphatic carbocycles. The van der Waals surface area contributed by atoms with E-state index in [2.05, 4.69) is 4.98 Å². The number of anilines is 1. The fourth-order valence-electron chi connectivity index (χ4n) is 2.15. The zero-order chi connectivity index (χ0) is 13.6. The van der Waals surface area contributed by atoms with Gasteiger partial charge in [0, 0.05) is 5.39 Å². The average Bonchev–Trinajstić information content (AvgIpc) is 2.52. The van der Waals surface area contributed by atoms with Gasteiger partial charge in [-0.25, -0.2) is 0 Å². The standard InChI is InChI=1S/C14H9ClN2O2/c15-9-5-6-10-11(12(9)16)13(18)7-3-1-2-4-8(7)14(19)17-10/h1-6H,16H2,(H,17,19). The predicted molar refractivity (Wildman–Crippen MR) is 77.8 cm³/mol. The summed E-state index contributed by atoms with van der Waals surface area (Å²) in [5.41, 5.74) is 5.79. The number of hydrogen-bond donors (Lipinski definition) is 2. The molecule has 0 aliphatic rings. The average molecular weight is 273 g/mol. The lowest BCUT2D eigenvalue weighted by Gasteiger charge is -1.99. The molecule has 0 radical (unpaired) electrons. The molecule has 0 spiro atoms. The number of fused-ring (bicyclic) bond motifs is 2. The van der Waals surface area contributed by atoms with E-state index in [1.54, 1.807) is 36.4 Å². The van der Waals surface area contributed by atoms with Crippen molar-refractivity contribution in [1.82, 2.24) is 4.98 Å². The van der Waals surface area contributed by atoms with Gasteiger partial charge in [-0.15, -0.1) is 0 Å². The maximum absolute atomic E-state index is 12.5. The van der Waals surface area contributed by atoms with Gasteiger partial charge in [0.15, 0.2) is 5.43 Å². The van der Waals surface area contributed by atoms with Crippen LogP contribution in [0, 0.1) is 0 Å².